The van der Waals surface area contributed by atoms with Crippen LogP contribution >= 0.6 is 44.1 Å². The van der Waals surface area contributed by atoms with Gasteiger partial charge >= 0.3 is 0 Å². The van der Waals surface area contributed by atoms with Gasteiger partial charge in [-0.2, -0.15) is 0 Å². The van der Waals surface area contributed by atoms with Crippen LogP contribution in [-0.4, -0.2) is 23.2 Å². The van der Waals surface area contributed by atoms with E-state index in [9.17, 15) is 13.5 Å². The average Bonchev–Trinajstić information content (AvgIpc) is 3.03. The van der Waals surface area contributed by atoms with Crippen LogP contribution in [0.5, 0.6) is 5.88 Å². The van der Waals surface area contributed by atoms with Crippen LogP contribution in [0.2, 0.25) is 0 Å². The maximum atomic E-state index is 11.6. The molecule has 1 heterocycles. The predicted octanol–water partition coefficient (Wildman–Crippen LogP) is 6.05. The van der Waals surface area contributed by atoms with E-state index in [1.54, 1.807) is 10.6 Å². The molecule has 0 fully saturated rings. The number of halogens is 2. The third-order valence-electron chi connectivity index (χ3n) is 4.86. The van der Waals surface area contributed by atoms with Gasteiger partial charge in [-0.3, -0.25) is 0 Å². The molecule has 34 heavy (non-hydrogen) atoms. The van der Waals surface area contributed by atoms with E-state index in [2.05, 4.69) is 47.4 Å². The van der Waals surface area contributed by atoms with Gasteiger partial charge in [0.25, 0.3) is 0 Å². The van der Waals surface area contributed by atoms with E-state index < -0.39 is 10.0 Å². The first kappa shape index (κ1) is 24.5. The van der Waals surface area contributed by atoms with Crippen molar-refractivity contribution in [2.24, 2.45) is 15.4 Å². The molecule has 174 valence electrons. The molecule has 0 unspecified atom stereocenters. The number of hydrogen-bond donors (Lipinski definition) is 3. The first-order valence-electron chi connectivity index (χ1n) is 9.73. The molecule has 4 N–H and O–H groups in total. The Morgan fingerprint density at radius 1 is 1.09 bits per heavy atom. The Labute approximate surface area is 217 Å². The van der Waals surface area contributed by atoms with Gasteiger partial charge in [-0.1, -0.05) is 52.3 Å². The Kier molecular flexibility index (Phi) is 7.14. The molecular weight excluding hydrogens is 606 g/mol. The Hall–Kier alpha value is -2.64. The van der Waals surface area contributed by atoms with Crippen LogP contribution in [0.3, 0.4) is 0 Å². The summed E-state index contributed by atoms with van der Waals surface area (Å²) in [6, 6.07) is 19.3. The highest BCUT2D eigenvalue weighted by atomic mass is 79.9. The number of aromatic nitrogens is 1. The third kappa shape index (κ3) is 5.36. The summed E-state index contributed by atoms with van der Waals surface area (Å²) in [6.45, 7) is 0.419. The zero-order chi connectivity index (χ0) is 24.5. The van der Waals surface area contributed by atoms with Crippen molar-refractivity contribution in [1.82, 2.24) is 4.57 Å². The lowest BCUT2D eigenvalue weighted by Gasteiger charge is -2.08. The number of fused-ring (bicyclic) bond motifs is 1. The lowest BCUT2D eigenvalue weighted by atomic mass is 10.2. The number of anilines is 1. The quantitative estimate of drug-likeness (QED) is 0.185. The standard InChI is InChI=1S/C22H17Br2N5O3S2/c23-14-9-17-19(27-28-22(33)26-15-7-4-8-16(11-15)34(25,31)32)21(30)29(20(17)18(24)10-14)12-13-5-2-1-3-6-13/h1-11,30H,12H2,(H,26,33)(H2,25,31,32). The van der Waals surface area contributed by atoms with E-state index in [4.69, 9.17) is 17.4 Å². The van der Waals surface area contributed by atoms with Crippen molar-refractivity contribution in [3.63, 3.8) is 0 Å². The molecule has 0 bridgehead atoms. The van der Waals surface area contributed by atoms with Gasteiger partial charge in [0.15, 0.2) is 5.69 Å². The molecule has 0 saturated carbocycles. The van der Waals surface area contributed by atoms with Crippen molar-refractivity contribution < 1.29 is 13.5 Å². The second kappa shape index (κ2) is 9.92. The minimum absolute atomic E-state index is 0.0241. The topological polar surface area (TPSA) is 122 Å². The van der Waals surface area contributed by atoms with E-state index in [1.807, 2.05) is 42.5 Å². The molecule has 3 aromatic carbocycles. The summed E-state index contributed by atoms with van der Waals surface area (Å²) >= 11 is 12.3. The molecule has 0 aliphatic heterocycles. The van der Waals surface area contributed by atoms with Gasteiger partial charge in [-0.25, -0.2) is 13.6 Å². The van der Waals surface area contributed by atoms with Gasteiger partial charge < -0.3 is 15.0 Å². The Balaban J connectivity index is 1.69. The average molecular weight is 623 g/mol. The molecule has 4 aromatic rings. The molecule has 0 aliphatic carbocycles. The highest BCUT2D eigenvalue weighted by molar-refractivity contribution is 9.11. The number of thiocarbonyl (C=S) groups is 1. The normalized spacial score (nSPS) is 11.9. The summed E-state index contributed by atoms with van der Waals surface area (Å²) < 4.78 is 26.4. The van der Waals surface area contributed by atoms with E-state index >= 15 is 0 Å². The smallest absolute Gasteiger partial charge is 0.238 e. The summed E-state index contributed by atoms with van der Waals surface area (Å²) in [5, 5.41) is 27.9. The minimum Gasteiger partial charge on any atom is -0.493 e. The molecule has 0 atom stereocenters. The highest BCUT2D eigenvalue weighted by Crippen LogP contribution is 2.43. The summed E-state index contributed by atoms with van der Waals surface area (Å²) in [4.78, 5) is -0.0615. The van der Waals surface area contributed by atoms with Crippen molar-refractivity contribution in [2.75, 3.05) is 5.32 Å². The molecule has 0 amide bonds. The van der Waals surface area contributed by atoms with Crippen LogP contribution in [0.4, 0.5) is 11.4 Å². The van der Waals surface area contributed by atoms with Gasteiger partial charge in [0.2, 0.25) is 21.0 Å². The zero-order valence-corrected chi connectivity index (χ0v) is 22.1. The second-order valence-electron chi connectivity index (χ2n) is 7.23. The van der Waals surface area contributed by atoms with Crippen LogP contribution in [0.25, 0.3) is 10.9 Å². The lowest BCUT2D eigenvalue weighted by Crippen LogP contribution is -2.13. The molecule has 4 rings (SSSR count). The van der Waals surface area contributed by atoms with Crippen molar-refractivity contribution >= 4 is 81.5 Å². The summed E-state index contributed by atoms with van der Waals surface area (Å²) in [5.74, 6) is -0.0691. The van der Waals surface area contributed by atoms with E-state index in [-0.39, 0.29) is 21.6 Å². The fourth-order valence-corrected chi connectivity index (χ4v) is 5.55. The lowest BCUT2D eigenvalue weighted by molar-refractivity contribution is 0.429. The van der Waals surface area contributed by atoms with Gasteiger partial charge in [-0.15, -0.1) is 10.2 Å². The second-order valence-corrected chi connectivity index (χ2v) is 10.9. The maximum absolute atomic E-state index is 11.6. The molecule has 0 radical (unpaired) electrons. The zero-order valence-electron chi connectivity index (χ0n) is 17.3. The third-order valence-corrected chi connectivity index (χ3v) is 7.02. The summed E-state index contributed by atoms with van der Waals surface area (Å²) in [6.07, 6.45) is 0. The van der Waals surface area contributed by atoms with Crippen LogP contribution in [-0.2, 0) is 16.6 Å². The van der Waals surface area contributed by atoms with Crippen molar-refractivity contribution in [3.05, 3.63) is 81.2 Å². The first-order valence-corrected chi connectivity index (χ1v) is 13.3. The minimum atomic E-state index is -3.86. The SMILES string of the molecule is NS(=O)(=O)c1cccc(NC(=S)N=Nc2c(O)n(Cc3ccccc3)c3c(Br)cc(Br)cc23)c1. The number of benzene rings is 3. The van der Waals surface area contributed by atoms with E-state index in [0.29, 0.717) is 17.6 Å². The monoisotopic (exact) mass is 621 g/mol. The molecular formula is C22H17Br2N5O3S2. The number of hydrogen-bond acceptors (Lipinski definition) is 5. The number of aromatic hydroxyl groups is 1. The molecule has 0 saturated heterocycles. The predicted molar refractivity (Wildman–Crippen MR) is 143 cm³/mol. The van der Waals surface area contributed by atoms with Crippen LogP contribution < -0.4 is 10.5 Å². The Morgan fingerprint density at radius 2 is 1.82 bits per heavy atom. The fourth-order valence-electron chi connectivity index (χ4n) is 3.39. The molecule has 12 heteroatoms. The van der Waals surface area contributed by atoms with Crippen LogP contribution in [0.15, 0.2) is 90.8 Å². The molecule has 1 aromatic heterocycles. The van der Waals surface area contributed by atoms with Crippen molar-refractivity contribution in [3.8, 4) is 5.88 Å². The largest absolute Gasteiger partial charge is 0.493 e. The van der Waals surface area contributed by atoms with Crippen molar-refractivity contribution in [1.29, 1.82) is 0 Å². The highest BCUT2D eigenvalue weighted by Gasteiger charge is 2.20. The van der Waals surface area contributed by atoms with Gasteiger partial charge in [0.05, 0.1) is 17.0 Å². The molecule has 0 spiro atoms. The van der Waals surface area contributed by atoms with E-state index in [1.165, 1.54) is 18.2 Å². The molecule has 0 aliphatic rings. The van der Waals surface area contributed by atoms with E-state index in [0.717, 1.165) is 20.0 Å². The van der Waals surface area contributed by atoms with Crippen LogP contribution in [0.1, 0.15) is 5.56 Å². The van der Waals surface area contributed by atoms with Gasteiger partial charge in [-0.05, 0) is 64.0 Å². The van der Waals surface area contributed by atoms with Crippen molar-refractivity contribution in [2.45, 2.75) is 11.4 Å². The summed E-state index contributed by atoms with van der Waals surface area (Å²) in [5.41, 5.74) is 2.38. The number of sulfonamides is 1. The fraction of sp³-hybridized carbons (Fsp3) is 0.0455. The molecule has 8 nitrogen and oxygen atoms in total. The number of primary sulfonamides is 1. The number of nitrogens with zero attached hydrogens (tertiary/aromatic N) is 3. The van der Waals surface area contributed by atoms with Gasteiger partial charge in [0, 0.05) is 20.0 Å². The van der Waals surface area contributed by atoms with Crippen LogP contribution in [0, 0.1) is 0 Å². The first-order chi connectivity index (χ1) is 16.1. The number of nitrogens with two attached hydrogens (primary N) is 1. The van der Waals surface area contributed by atoms with Gasteiger partial charge in [0.1, 0.15) is 0 Å². The number of rotatable bonds is 5. The number of azo groups is 1. The Morgan fingerprint density at radius 3 is 2.53 bits per heavy atom. The maximum Gasteiger partial charge on any atom is 0.238 e. The summed E-state index contributed by atoms with van der Waals surface area (Å²) in [7, 11) is -3.86. The number of nitrogens with one attached hydrogen (secondary N) is 1. The Bertz CT molecular complexity index is 1540.